The van der Waals surface area contributed by atoms with Gasteiger partial charge in [-0.2, -0.15) is 24.9 Å². The summed E-state index contributed by atoms with van der Waals surface area (Å²) in [4.78, 5) is 33.4. The van der Waals surface area contributed by atoms with Gasteiger partial charge in [0.2, 0.25) is 5.91 Å². The molecule has 2 aromatic carbocycles. The Kier molecular flexibility index (Phi) is 9.79. The summed E-state index contributed by atoms with van der Waals surface area (Å²) in [6, 6.07) is 8.56. The van der Waals surface area contributed by atoms with Crippen molar-refractivity contribution in [3.05, 3.63) is 100 Å². The first-order valence-electron chi connectivity index (χ1n) is 12.8. The van der Waals surface area contributed by atoms with Crippen LogP contribution in [-0.4, -0.2) is 46.7 Å². The second kappa shape index (κ2) is 13.3. The maximum absolute atomic E-state index is 14.2. The van der Waals surface area contributed by atoms with E-state index in [9.17, 15) is 35.9 Å². The van der Waals surface area contributed by atoms with Crippen LogP contribution >= 0.6 is 11.8 Å². The van der Waals surface area contributed by atoms with E-state index in [4.69, 9.17) is 11.5 Å². The topological polar surface area (TPSA) is 123 Å². The predicted molar refractivity (Wildman–Crippen MR) is 151 cm³/mol. The minimum Gasteiger partial charge on any atom is -0.394 e. The monoisotopic (exact) mass is 621 g/mol. The van der Waals surface area contributed by atoms with Gasteiger partial charge in [0.25, 0.3) is 5.91 Å². The zero-order valence-corrected chi connectivity index (χ0v) is 23.2. The number of alkyl halides is 3. The van der Waals surface area contributed by atoms with Gasteiger partial charge < -0.3 is 16.8 Å². The molecule has 0 unspecified atom stereocenters. The lowest BCUT2D eigenvalue weighted by atomic mass is 9.94. The molecule has 1 fully saturated rings. The molecule has 3 aromatic rings. The Morgan fingerprint density at radius 1 is 1.05 bits per heavy atom. The maximum Gasteiger partial charge on any atom is 0.431 e. The number of hydrogen-bond acceptors (Lipinski definition) is 6. The molecule has 226 valence electrons. The lowest BCUT2D eigenvalue weighted by Crippen LogP contribution is -2.33. The first-order chi connectivity index (χ1) is 20.3. The summed E-state index contributed by atoms with van der Waals surface area (Å²) in [7, 11) is 0. The first kappa shape index (κ1) is 31.6. The Morgan fingerprint density at radius 2 is 1.77 bits per heavy atom. The summed E-state index contributed by atoms with van der Waals surface area (Å²) in [5.41, 5.74) is 9.90. The number of thioether (sulfide) groups is 1. The second-order valence-corrected chi connectivity index (χ2v) is 10.7. The fourth-order valence-corrected chi connectivity index (χ4v) is 5.57. The van der Waals surface area contributed by atoms with Gasteiger partial charge >= 0.3 is 6.18 Å². The standard InChI is InChI=1S/C29H25F6N5O2S/c30-17-8-15(9-18(31)12-17)10-24(26-19(2-1-6-38-26)16-3-4-22(32)20(11-16)28(37)42)40-25(41)13-39-23-5-7-43-14-21(23)27(36)29(33,34)35/h1-4,6,8-9,11-12,24H,5,7,10,13-14,36H2,(H2,37,42)(H,40,41)/t24-/m0/s1. The molecule has 1 aliphatic heterocycles. The minimum atomic E-state index is -4.76. The Labute approximate surface area is 246 Å². The molecule has 2 heterocycles. The third-order valence-electron chi connectivity index (χ3n) is 6.53. The zero-order chi connectivity index (χ0) is 31.3. The molecule has 0 saturated carbocycles. The average Bonchev–Trinajstić information content (AvgIpc) is 2.94. The Morgan fingerprint density at radius 3 is 2.44 bits per heavy atom. The van der Waals surface area contributed by atoms with E-state index in [1.54, 1.807) is 12.1 Å². The smallest absolute Gasteiger partial charge is 0.394 e. The summed E-state index contributed by atoms with van der Waals surface area (Å²) in [6.07, 6.45) is -3.34. The third kappa shape index (κ3) is 7.95. The molecule has 0 aliphatic carbocycles. The normalized spacial score (nSPS) is 16.6. The van der Waals surface area contributed by atoms with E-state index < -0.39 is 53.7 Å². The van der Waals surface area contributed by atoms with Crippen molar-refractivity contribution in [1.82, 2.24) is 10.3 Å². The van der Waals surface area contributed by atoms with Crippen LogP contribution in [-0.2, 0) is 11.2 Å². The van der Waals surface area contributed by atoms with Crippen LogP contribution in [0.4, 0.5) is 26.3 Å². The van der Waals surface area contributed by atoms with Crippen molar-refractivity contribution in [2.24, 2.45) is 16.5 Å². The lowest BCUT2D eigenvalue weighted by molar-refractivity contribution is -0.120. The molecule has 1 saturated heterocycles. The number of carbonyl (C=O) groups excluding carboxylic acids is 2. The van der Waals surface area contributed by atoms with Gasteiger partial charge in [0.15, 0.2) is 0 Å². The molecule has 43 heavy (non-hydrogen) atoms. The fraction of sp³-hybridized carbons (Fsp3) is 0.241. The van der Waals surface area contributed by atoms with Crippen molar-refractivity contribution >= 4 is 29.3 Å². The lowest BCUT2D eigenvalue weighted by Gasteiger charge is -2.22. The van der Waals surface area contributed by atoms with Gasteiger partial charge in [0, 0.05) is 34.9 Å². The van der Waals surface area contributed by atoms with Crippen molar-refractivity contribution in [2.75, 3.05) is 18.1 Å². The van der Waals surface area contributed by atoms with Gasteiger partial charge in [-0.1, -0.05) is 12.1 Å². The Balaban J connectivity index is 1.70. The van der Waals surface area contributed by atoms with E-state index in [1.807, 2.05) is 0 Å². The summed E-state index contributed by atoms with van der Waals surface area (Å²) in [5.74, 6) is -3.80. The molecular weight excluding hydrogens is 596 g/mol. The van der Waals surface area contributed by atoms with Gasteiger partial charge in [0.05, 0.1) is 17.3 Å². The summed E-state index contributed by atoms with van der Waals surface area (Å²) in [5, 5.41) is 2.70. The number of aliphatic imine (C=N–C) groups is 1. The van der Waals surface area contributed by atoms with Crippen molar-refractivity contribution in [3.63, 3.8) is 0 Å². The molecule has 5 N–H and O–H groups in total. The summed E-state index contributed by atoms with van der Waals surface area (Å²) < 4.78 is 82.0. The molecule has 0 bridgehead atoms. The number of allylic oxidation sites excluding steroid dienone is 1. The summed E-state index contributed by atoms with van der Waals surface area (Å²) in [6.45, 7) is -0.562. The van der Waals surface area contributed by atoms with Crippen LogP contribution in [0.25, 0.3) is 11.1 Å². The van der Waals surface area contributed by atoms with E-state index in [0.29, 0.717) is 22.9 Å². The molecule has 14 heteroatoms. The van der Waals surface area contributed by atoms with Crippen molar-refractivity contribution < 1.29 is 35.9 Å². The fourth-order valence-electron chi connectivity index (χ4n) is 4.56. The first-order valence-corrected chi connectivity index (χ1v) is 13.9. The van der Waals surface area contributed by atoms with Crippen LogP contribution in [0.3, 0.4) is 0 Å². The molecule has 1 aliphatic rings. The van der Waals surface area contributed by atoms with Crippen molar-refractivity contribution in [2.45, 2.75) is 25.1 Å². The zero-order valence-electron chi connectivity index (χ0n) is 22.4. The molecule has 0 spiro atoms. The predicted octanol–water partition coefficient (Wildman–Crippen LogP) is 5.02. The van der Waals surface area contributed by atoms with Crippen molar-refractivity contribution in [3.8, 4) is 11.1 Å². The van der Waals surface area contributed by atoms with Crippen LogP contribution in [0.5, 0.6) is 0 Å². The van der Waals surface area contributed by atoms with Crippen LogP contribution < -0.4 is 16.8 Å². The van der Waals surface area contributed by atoms with Crippen LogP contribution in [0.15, 0.2) is 71.0 Å². The highest BCUT2D eigenvalue weighted by Crippen LogP contribution is 2.32. The average molecular weight is 622 g/mol. The molecule has 0 radical (unpaired) electrons. The maximum atomic E-state index is 14.2. The molecule has 2 amide bonds. The number of nitrogens with zero attached hydrogens (tertiary/aromatic N) is 2. The van der Waals surface area contributed by atoms with Crippen LogP contribution in [0.2, 0.25) is 0 Å². The number of nitrogens with two attached hydrogens (primary N) is 2. The second-order valence-electron chi connectivity index (χ2n) is 9.55. The van der Waals surface area contributed by atoms with Gasteiger partial charge in [-0.3, -0.25) is 19.6 Å². The van der Waals surface area contributed by atoms with Gasteiger partial charge in [-0.05, 0) is 60.1 Å². The van der Waals surface area contributed by atoms with Crippen LogP contribution in [0, 0.1) is 17.5 Å². The highest BCUT2D eigenvalue weighted by atomic mass is 32.2. The molecule has 7 nitrogen and oxygen atoms in total. The van der Waals surface area contributed by atoms with Gasteiger partial charge in [-0.15, -0.1) is 0 Å². The minimum absolute atomic E-state index is 0.0121. The number of nitrogens with one attached hydrogen (secondary N) is 1. The number of amides is 2. The molecule has 1 atom stereocenters. The van der Waals surface area contributed by atoms with Crippen LogP contribution in [0.1, 0.15) is 34.1 Å². The quantitative estimate of drug-likeness (QED) is 0.305. The highest BCUT2D eigenvalue weighted by molar-refractivity contribution is 7.99. The van der Waals surface area contributed by atoms with E-state index in [2.05, 4.69) is 15.3 Å². The number of rotatable bonds is 8. The largest absolute Gasteiger partial charge is 0.431 e. The molecular formula is C29H25F6N5O2S. The number of halogens is 6. The number of carbonyl (C=O) groups is 2. The molecule has 4 rings (SSSR count). The van der Waals surface area contributed by atoms with E-state index in [1.165, 1.54) is 30.1 Å². The Hall–Kier alpha value is -4.33. The SMILES string of the molecule is NC(=O)c1cc(-c2cccnc2[C@H](Cc2cc(F)cc(F)c2)NC(=O)CN=C2CCSCC2=C(N)C(F)(F)F)ccc1F. The van der Waals surface area contributed by atoms with E-state index in [0.717, 1.165) is 18.2 Å². The number of benzene rings is 2. The molecule has 1 aromatic heterocycles. The summed E-state index contributed by atoms with van der Waals surface area (Å²) >= 11 is 1.26. The third-order valence-corrected chi connectivity index (χ3v) is 7.52. The van der Waals surface area contributed by atoms with E-state index >= 15 is 0 Å². The van der Waals surface area contributed by atoms with E-state index in [-0.39, 0.29) is 46.7 Å². The number of aromatic nitrogens is 1. The number of pyridine rings is 1. The number of hydrogen-bond donors (Lipinski definition) is 3. The highest BCUT2D eigenvalue weighted by Gasteiger charge is 2.36. The van der Waals surface area contributed by atoms with Gasteiger partial charge in [-0.25, -0.2) is 13.2 Å². The Bertz CT molecular complexity index is 1590. The number of primary amides is 1. The van der Waals surface area contributed by atoms with Gasteiger partial charge in [0.1, 0.15) is 29.7 Å². The van der Waals surface area contributed by atoms with Crippen molar-refractivity contribution in [1.29, 1.82) is 0 Å².